The molecule has 0 saturated heterocycles. The van der Waals surface area contributed by atoms with E-state index < -0.39 is 17.2 Å². The Morgan fingerprint density at radius 3 is 2.46 bits per heavy atom. The minimum absolute atomic E-state index is 0.139. The molecule has 0 saturated carbocycles. The van der Waals surface area contributed by atoms with Crippen LogP contribution in [0.2, 0.25) is 0 Å². The van der Waals surface area contributed by atoms with E-state index in [0.29, 0.717) is 16.8 Å². The van der Waals surface area contributed by atoms with E-state index in [4.69, 9.17) is 5.73 Å². The van der Waals surface area contributed by atoms with Gasteiger partial charge in [0.25, 0.3) is 0 Å². The van der Waals surface area contributed by atoms with Crippen LogP contribution in [0.1, 0.15) is 16.1 Å². The van der Waals surface area contributed by atoms with Crippen LogP contribution in [0.15, 0.2) is 36.7 Å². The molecule has 28 heavy (non-hydrogen) atoms. The highest BCUT2D eigenvalue weighted by atomic mass is 32.1. The molecule has 8 nitrogen and oxygen atoms in total. The third kappa shape index (κ3) is 5.15. The number of benzene rings is 1. The van der Waals surface area contributed by atoms with Crippen molar-refractivity contribution in [2.24, 2.45) is 0 Å². The molecule has 3 aromatic rings. The second kappa shape index (κ2) is 7.89. The molecule has 0 spiro atoms. The summed E-state index contributed by atoms with van der Waals surface area (Å²) in [6, 6.07) is 5.80. The summed E-state index contributed by atoms with van der Waals surface area (Å²) in [6.07, 6.45) is -1.67. The van der Waals surface area contributed by atoms with Crippen LogP contribution in [0.25, 0.3) is 0 Å². The predicted molar refractivity (Wildman–Crippen MR) is 96.4 cm³/mol. The smallest absolute Gasteiger partial charge is 0.368 e. The van der Waals surface area contributed by atoms with Crippen LogP contribution in [0.3, 0.4) is 0 Å². The second-order valence-corrected chi connectivity index (χ2v) is 6.13. The van der Waals surface area contributed by atoms with Gasteiger partial charge < -0.3 is 11.1 Å². The van der Waals surface area contributed by atoms with Crippen LogP contribution in [-0.4, -0.2) is 26.2 Å². The van der Waals surface area contributed by atoms with Crippen LogP contribution < -0.4 is 16.4 Å². The van der Waals surface area contributed by atoms with Crippen molar-refractivity contribution in [3.8, 4) is 11.8 Å². The SMILES string of the molecule is Nc1ncc(C#Cc2cccc(NC(=O)Nc3nnc(C(F)(F)F)s3)c2)cn1. The molecule has 2 amide bonds. The van der Waals surface area contributed by atoms with Crippen molar-refractivity contribution in [1.82, 2.24) is 20.2 Å². The molecule has 0 aliphatic heterocycles. The van der Waals surface area contributed by atoms with E-state index >= 15 is 0 Å². The Balaban J connectivity index is 1.65. The highest BCUT2D eigenvalue weighted by Crippen LogP contribution is 2.32. The number of rotatable bonds is 2. The summed E-state index contributed by atoms with van der Waals surface area (Å²) in [5.41, 5.74) is 6.93. The second-order valence-electron chi connectivity index (χ2n) is 5.15. The van der Waals surface area contributed by atoms with Crippen LogP contribution in [0.5, 0.6) is 0 Å². The van der Waals surface area contributed by atoms with E-state index in [1.165, 1.54) is 12.4 Å². The van der Waals surface area contributed by atoms with Gasteiger partial charge in [-0.2, -0.15) is 13.2 Å². The molecule has 12 heteroatoms. The highest BCUT2D eigenvalue weighted by molar-refractivity contribution is 7.15. The third-order valence-corrected chi connectivity index (χ3v) is 3.91. The van der Waals surface area contributed by atoms with Crippen molar-refractivity contribution in [3.63, 3.8) is 0 Å². The van der Waals surface area contributed by atoms with E-state index in [-0.39, 0.29) is 22.4 Å². The van der Waals surface area contributed by atoms with Crippen molar-refractivity contribution in [3.05, 3.63) is 52.8 Å². The monoisotopic (exact) mass is 405 g/mol. The lowest BCUT2D eigenvalue weighted by molar-refractivity contribution is -0.138. The Hall–Kier alpha value is -3.72. The molecule has 1 aromatic carbocycles. The first-order chi connectivity index (χ1) is 13.3. The van der Waals surface area contributed by atoms with E-state index in [2.05, 4.69) is 42.6 Å². The zero-order chi connectivity index (χ0) is 20.1. The number of halogens is 3. The van der Waals surface area contributed by atoms with E-state index in [1.54, 1.807) is 24.3 Å². The number of hydrogen-bond acceptors (Lipinski definition) is 7. The molecular formula is C16H10F3N7OS. The fraction of sp³-hybridized carbons (Fsp3) is 0.0625. The predicted octanol–water partition coefficient (Wildman–Crippen LogP) is 2.97. The molecule has 0 radical (unpaired) electrons. The lowest BCUT2D eigenvalue weighted by Gasteiger charge is -2.05. The summed E-state index contributed by atoms with van der Waals surface area (Å²) in [5.74, 6) is 5.86. The number of nitrogens with two attached hydrogens (primary N) is 1. The van der Waals surface area contributed by atoms with Gasteiger partial charge in [-0.3, -0.25) is 5.32 Å². The fourth-order valence-electron chi connectivity index (χ4n) is 1.87. The van der Waals surface area contributed by atoms with Crippen molar-refractivity contribution in [2.75, 3.05) is 16.4 Å². The van der Waals surface area contributed by atoms with E-state index in [0.717, 1.165) is 0 Å². The standard InChI is InChI=1S/C16H10F3N7OS/c17-16(18,19)12-25-26-15(28-12)24-14(27)23-11-3-1-2-9(6-11)4-5-10-7-21-13(20)22-8-10/h1-3,6-8H,(H2,20,21,22)(H2,23,24,26,27). The number of carbonyl (C=O) groups is 1. The van der Waals surface area contributed by atoms with Crippen molar-refractivity contribution < 1.29 is 18.0 Å². The normalized spacial score (nSPS) is 10.7. The Labute approximate surface area is 160 Å². The zero-order valence-electron chi connectivity index (χ0n) is 13.8. The van der Waals surface area contributed by atoms with Crippen molar-refractivity contribution in [1.29, 1.82) is 0 Å². The molecule has 0 bridgehead atoms. The summed E-state index contributed by atoms with van der Waals surface area (Å²) in [4.78, 5) is 19.6. The van der Waals surface area contributed by atoms with Gasteiger partial charge in [0.2, 0.25) is 16.1 Å². The van der Waals surface area contributed by atoms with Crippen LogP contribution in [-0.2, 0) is 6.18 Å². The Morgan fingerprint density at radius 1 is 1.07 bits per heavy atom. The minimum Gasteiger partial charge on any atom is -0.368 e. The summed E-state index contributed by atoms with van der Waals surface area (Å²) in [5, 5.41) is 9.53. The Morgan fingerprint density at radius 2 is 1.79 bits per heavy atom. The van der Waals surface area contributed by atoms with Gasteiger partial charge in [-0.1, -0.05) is 29.2 Å². The number of alkyl halides is 3. The summed E-state index contributed by atoms with van der Waals surface area (Å²) < 4.78 is 37.5. The first-order valence-electron chi connectivity index (χ1n) is 7.48. The average Bonchev–Trinajstić information content (AvgIpc) is 3.10. The molecule has 2 aromatic heterocycles. The first-order valence-corrected chi connectivity index (χ1v) is 8.29. The molecule has 0 atom stereocenters. The number of nitrogens with zero attached hydrogens (tertiary/aromatic N) is 4. The molecular weight excluding hydrogens is 395 g/mol. The minimum atomic E-state index is -4.61. The Bertz CT molecular complexity index is 1050. The topological polar surface area (TPSA) is 119 Å². The number of nitrogens with one attached hydrogen (secondary N) is 2. The largest absolute Gasteiger partial charge is 0.445 e. The highest BCUT2D eigenvalue weighted by Gasteiger charge is 2.35. The van der Waals surface area contributed by atoms with Gasteiger partial charge in [0.05, 0.1) is 5.56 Å². The van der Waals surface area contributed by atoms with Gasteiger partial charge in [-0.15, -0.1) is 10.2 Å². The molecule has 0 unspecified atom stereocenters. The third-order valence-electron chi connectivity index (χ3n) is 3.03. The average molecular weight is 405 g/mol. The lowest BCUT2D eigenvalue weighted by atomic mass is 10.2. The molecule has 0 aliphatic carbocycles. The van der Waals surface area contributed by atoms with Crippen LogP contribution >= 0.6 is 11.3 Å². The lowest BCUT2D eigenvalue weighted by Crippen LogP contribution is -2.19. The fourth-order valence-corrected chi connectivity index (χ4v) is 2.48. The number of hydrogen-bond donors (Lipinski definition) is 3. The number of carbonyl (C=O) groups excluding carboxylic acids is 1. The maximum absolute atomic E-state index is 12.5. The first kappa shape index (κ1) is 19.1. The van der Waals surface area contributed by atoms with Gasteiger partial charge in [-0.25, -0.2) is 14.8 Å². The van der Waals surface area contributed by atoms with Crippen molar-refractivity contribution >= 4 is 34.1 Å². The van der Waals surface area contributed by atoms with Gasteiger partial charge in [0, 0.05) is 23.6 Å². The van der Waals surface area contributed by atoms with Gasteiger partial charge in [0.1, 0.15) is 0 Å². The summed E-state index contributed by atoms with van der Waals surface area (Å²) in [6.45, 7) is 0. The quantitative estimate of drug-likeness (QED) is 0.564. The Kier molecular flexibility index (Phi) is 5.37. The maximum atomic E-state index is 12.5. The number of anilines is 3. The van der Waals surface area contributed by atoms with Crippen LogP contribution in [0.4, 0.5) is 34.7 Å². The molecule has 4 N–H and O–H groups in total. The number of urea groups is 1. The van der Waals surface area contributed by atoms with Crippen molar-refractivity contribution in [2.45, 2.75) is 6.18 Å². The van der Waals surface area contributed by atoms with E-state index in [9.17, 15) is 18.0 Å². The number of nitrogen functional groups attached to an aromatic ring is 1. The molecule has 0 aliphatic rings. The molecule has 2 heterocycles. The zero-order valence-corrected chi connectivity index (χ0v) is 14.6. The van der Waals surface area contributed by atoms with Gasteiger partial charge in [-0.05, 0) is 18.2 Å². The van der Waals surface area contributed by atoms with E-state index in [1.807, 2.05) is 0 Å². The van der Waals surface area contributed by atoms with Gasteiger partial charge in [0.15, 0.2) is 0 Å². The molecule has 142 valence electrons. The number of amides is 2. The molecule has 0 fully saturated rings. The summed E-state index contributed by atoms with van der Waals surface area (Å²) >= 11 is 0.226. The maximum Gasteiger partial charge on any atom is 0.445 e. The van der Waals surface area contributed by atoms with Crippen LogP contribution in [0, 0.1) is 11.8 Å². The summed E-state index contributed by atoms with van der Waals surface area (Å²) in [7, 11) is 0. The molecule has 3 rings (SSSR count). The van der Waals surface area contributed by atoms with Gasteiger partial charge >= 0.3 is 12.2 Å². The number of aromatic nitrogens is 4.